The van der Waals surface area contributed by atoms with E-state index in [1.165, 1.54) is 11.0 Å². The second-order valence-corrected chi connectivity index (χ2v) is 7.68. The van der Waals surface area contributed by atoms with Crippen LogP contribution < -0.4 is 5.32 Å². The van der Waals surface area contributed by atoms with Crippen molar-refractivity contribution in [3.8, 4) is 11.1 Å². The molecule has 0 saturated heterocycles. The molecule has 1 fully saturated rings. The Morgan fingerprint density at radius 1 is 1.24 bits per heavy atom. The van der Waals surface area contributed by atoms with E-state index in [9.17, 15) is 14.0 Å². The summed E-state index contributed by atoms with van der Waals surface area (Å²) < 4.78 is 19.9. The zero-order valence-corrected chi connectivity index (χ0v) is 16.6. The lowest BCUT2D eigenvalue weighted by Crippen LogP contribution is -2.25. The van der Waals surface area contributed by atoms with Gasteiger partial charge in [0.25, 0.3) is 5.91 Å². The molecule has 4 rings (SSSR count). The molecular formula is C22H22FN3O3. The van der Waals surface area contributed by atoms with Gasteiger partial charge in [-0.05, 0) is 60.7 Å². The highest BCUT2D eigenvalue weighted by molar-refractivity contribution is 5.97. The zero-order chi connectivity index (χ0) is 20.7. The first-order valence-electron chi connectivity index (χ1n) is 9.53. The molecule has 29 heavy (non-hydrogen) atoms. The summed E-state index contributed by atoms with van der Waals surface area (Å²) >= 11 is 0. The normalized spacial score (nSPS) is 13.5. The Morgan fingerprint density at radius 3 is 2.69 bits per heavy atom. The van der Waals surface area contributed by atoms with Crippen LogP contribution in [0.4, 0.5) is 4.39 Å². The van der Waals surface area contributed by atoms with Crippen molar-refractivity contribution >= 4 is 22.8 Å². The van der Waals surface area contributed by atoms with Gasteiger partial charge in [0.15, 0.2) is 5.58 Å². The SMILES string of the molecule is Cc1c(F)cc(C(=O)NC2CC2)cc1-c1ccc2c(CC(=O)N(C)C)noc2c1. The highest BCUT2D eigenvalue weighted by Gasteiger charge is 2.25. The van der Waals surface area contributed by atoms with Crippen LogP contribution in [0.15, 0.2) is 34.9 Å². The first kappa shape index (κ1) is 19.1. The van der Waals surface area contributed by atoms with Crippen molar-refractivity contribution in [1.29, 1.82) is 0 Å². The third kappa shape index (κ3) is 3.85. The Bertz CT molecular complexity index is 1120. The van der Waals surface area contributed by atoms with Gasteiger partial charge in [-0.15, -0.1) is 0 Å². The fourth-order valence-corrected chi connectivity index (χ4v) is 3.19. The number of halogens is 1. The minimum atomic E-state index is -0.432. The Hall–Kier alpha value is -3.22. The van der Waals surface area contributed by atoms with E-state index in [2.05, 4.69) is 10.5 Å². The van der Waals surface area contributed by atoms with Gasteiger partial charge < -0.3 is 14.7 Å². The fourth-order valence-electron chi connectivity index (χ4n) is 3.19. The average molecular weight is 395 g/mol. The van der Waals surface area contributed by atoms with Gasteiger partial charge in [0.2, 0.25) is 5.91 Å². The Morgan fingerprint density at radius 2 is 2.00 bits per heavy atom. The van der Waals surface area contributed by atoms with Crippen molar-refractivity contribution in [1.82, 2.24) is 15.4 Å². The standard InChI is InChI=1S/C22H22FN3O3/c1-12-17(8-14(9-18(12)23)22(28)24-15-5-6-15)13-4-7-16-19(11-21(27)26(2)3)25-29-20(16)10-13/h4,7-10,15H,5-6,11H2,1-3H3,(H,24,28). The molecule has 150 valence electrons. The van der Waals surface area contributed by atoms with Gasteiger partial charge in [-0.25, -0.2) is 4.39 Å². The van der Waals surface area contributed by atoms with E-state index in [-0.39, 0.29) is 24.3 Å². The van der Waals surface area contributed by atoms with Crippen molar-refractivity contribution < 1.29 is 18.5 Å². The van der Waals surface area contributed by atoms with Crippen LogP contribution in [-0.2, 0) is 11.2 Å². The van der Waals surface area contributed by atoms with Gasteiger partial charge in [-0.3, -0.25) is 9.59 Å². The van der Waals surface area contributed by atoms with Crippen LogP contribution in [0.3, 0.4) is 0 Å². The number of amides is 2. The largest absolute Gasteiger partial charge is 0.356 e. The molecule has 6 nitrogen and oxygen atoms in total. The molecule has 7 heteroatoms. The van der Waals surface area contributed by atoms with Gasteiger partial charge in [-0.1, -0.05) is 11.2 Å². The molecule has 0 spiro atoms. The molecule has 0 radical (unpaired) electrons. The molecule has 2 amide bonds. The first-order valence-corrected chi connectivity index (χ1v) is 9.53. The molecule has 0 atom stereocenters. The number of carbonyl (C=O) groups is 2. The molecule has 0 bridgehead atoms. The molecule has 1 N–H and O–H groups in total. The number of fused-ring (bicyclic) bond motifs is 1. The fraction of sp³-hybridized carbons (Fsp3) is 0.318. The molecule has 0 unspecified atom stereocenters. The molecule has 1 aromatic heterocycles. The molecule has 1 heterocycles. The number of likely N-dealkylation sites (N-methyl/N-ethyl adjacent to an activating group) is 1. The van der Waals surface area contributed by atoms with Crippen LogP contribution in [0.25, 0.3) is 22.1 Å². The van der Waals surface area contributed by atoms with Crippen molar-refractivity contribution in [3.05, 3.63) is 53.0 Å². The minimum Gasteiger partial charge on any atom is -0.356 e. The summed E-state index contributed by atoms with van der Waals surface area (Å²) in [7, 11) is 3.37. The third-order valence-electron chi connectivity index (χ3n) is 5.19. The lowest BCUT2D eigenvalue weighted by molar-refractivity contribution is -0.128. The van der Waals surface area contributed by atoms with Crippen LogP contribution in [0, 0.1) is 12.7 Å². The molecule has 2 aromatic carbocycles. The highest BCUT2D eigenvalue weighted by Crippen LogP contribution is 2.31. The number of hydrogen-bond donors (Lipinski definition) is 1. The second kappa shape index (κ2) is 7.31. The summed E-state index contributed by atoms with van der Waals surface area (Å²) in [5, 5.41) is 7.64. The molecule has 1 aliphatic carbocycles. The number of hydrogen-bond acceptors (Lipinski definition) is 4. The highest BCUT2D eigenvalue weighted by atomic mass is 19.1. The summed E-state index contributed by atoms with van der Waals surface area (Å²) in [6.45, 7) is 1.68. The lowest BCUT2D eigenvalue weighted by Gasteiger charge is -2.11. The van der Waals surface area contributed by atoms with Gasteiger partial charge >= 0.3 is 0 Å². The number of rotatable bonds is 5. The van der Waals surface area contributed by atoms with Crippen molar-refractivity contribution in [2.24, 2.45) is 0 Å². The molecular weight excluding hydrogens is 373 g/mol. The zero-order valence-electron chi connectivity index (χ0n) is 16.6. The number of benzene rings is 2. The maximum absolute atomic E-state index is 14.5. The van der Waals surface area contributed by atoms with E-state index in [0.717, 1.165) is 23.8 Å². The maximum Gasteiger partial charge on any atom is 0.251 e. The number of aromatic nitrogens is 1. The topological polar surface area (TPSA) is 75.4 Å². The monoisotopic (exact) mass is 395 g/mol. The summed E-state index contributed by atoms with van der Waals surface area (Å²) in [5.74, 6) is -0.771. The van der Waals surface area contributed by atoms with E-state index in [1.54, 1.807) is 33.2 Å². The average Bonchev–Trinajstić information content (AvgIpc) is 3.42. The van der Waals surface area contributed by atoms with E-state index >= 15 is 0 Å². The van der Waals surface area contributed by atoms with Crippen molar-refractivity contribution in [2.75, 3.05) is 14.1 Å². The van der Waals surface area contributed by atoms with Crippen LogP contribution in [0.5, 0.6) is 0 Å². The predicted molar refractivity (Wildman–Crippen MR) is 107 cm³/mol. The summed E-state index contributed by atoms with van der Waals surface area (Å²) in [5.41, 5.74) is 3.16. The van der Waals surface area contributed by atoms with E-state index in [0.29, 0.717) is 28.0 Å². The minimum absolute atomic E-state index is 0.0726. The van der Waals surface area contributed by atoms with E-state index in [1.807, 2.05) is 12.1 Å². The number of carbonyl (C=O) groups excluding carboxylic acids is 2. The summed E-state index contributed by atoms with van der Waals surface area (Å²) in [6.07, 6.45) is 2.07. The number of nitrogens with zero attached hydrogens (tertiary/aromatic N) is 2. The van der Waals surface area contributed by atoms with Crippen LogP contribution in [-0.4, -0.2) is 42.0 Å². The van der Waals surface area contributed by atoms with Gasteiger partial charge in [0, 0.05) is 31.1 Å². The Labute approximate surface area is 167 Å². The summed E-state index contributed by atoms with van der Waals surface area (Å²) in [6, 6.07) is 8.57. The third-order valence-corrected chi connectivity index (χ3v) is 5.19. The lowest BCUT2D eigenvalue weighted by atomic mass is 9.96. The molecule has 1 saturated carbocycles. The predicted octanol–water partition coefficient (Wildman–Crippen LogP) is 3.47. The van der Waals surface area contributed by atoms with Gasteiger partial charge in [0.05, 0.1) is 6.42 Å². The van der Waals surface area contributed by atoms with Crippen molar-refractivity contribution in [3.63, 3.8) is 0 Å². The van der Waals surface area contributed by atoms with Crippen LogP contribution >= 0.6 is 0 Å². The second-order valence-electron chi connectivity index (χ2n) is 7.68. The number of nitrogens with one attached hydrogen (secondary N) is 1. The van der Waals surface area contributed by atoms with E-state index in [4.69, 9.17) is 4.52 Å². The smallest absolute Gasteiger partial charge is 0.251 e. The molecule has 1 aliphatic rings. The van der Waals surface area contributed by atoms with E-state index < -0.39 is 5.82 Å². The molecule has 3 aromatic rings. The van der Waals surface area contributed by atoms with Gasteiger partial charge in [0.1, 0.15) is 11.5 Å². The summed E-state index contributed by atoms with van der Waals surface area (Å²) in [4.78, 5) is 25.8. The van der Waals surface area contributed by atoms with Crippen LogP contribution in [0.2, 0.25) is 0 Å². The Kier molecular flexibility index (Phi) is 4.82. The quantitative estimate of drug-likeness (QED) is 0.718. The van der Waals surface area contributed by atoms with Crippen LogP contribution in [0.1, 0.15) is 34.5 Å². The Balaban J connectivity index is 1.69. The first-order chi connectivity index (χ1) is 13.8. The van der Waals surface area contributed by atoms with Gasteiger partial charge in [-0.2, -0.15) is 0 Å². The van der Waals surface area contributed by atoms with Crippen molar-refractivity contribution in [2.45, 2.75) is 32.2 Å². The maximum atomic E-state index is 14.5. The molecule has 0 aliphatic heterocycles.